The summed E-state index contributed by atoms with van der Waals surface area (Å²) in [5, 5.41) is 10.9. The predicted molar refractivity (Wildman–Crippen MR) is 77.7 cm³/mol. The number of nitrogens with one attached hydrogen (secondary N) is 1. The van der Waals surface area contributed by atoms with Crippen molar-refractivity contribution in [1.82, 2.24) is 15.2 Å². The summed E-state index contributed by atoms with van der Waals surface area (Å²) in [7, 11) is 1.97. The van der Waals surface area contributed by atoms with Gasteiger partial charge in [-0.2, -0.15) is 10.1 Å². The highest BCUT2D eigenvalue weighted by molar-refractivity contribution is 5.53. The van der Waals surface area contributed by atoms with E-state index in [0.29, 0.717) is 5.95 Å². The van der Waals surface area contributed by atoms with Gasteiger partial charge in [-0.15, -0.1) is 5.10 Å². The van der Waals surface area contributed by atoms with Crippen molar-refractivity contribution in [3.05, 3.63) is 36.3 Å². The molecule has 1 heterocycles. The Morgan fingerprint density at radius 2 is 2.00 bits per heavy atom. The van der Waals surface area contributed by atoms with Crippen LogP contribution in [-0.4, -0.2) is 28.8 Å². The maximum absolute atomic E-state index is 12.8. The molecule has 106 valence electrons. The molecule has 1 aromatic heterocycles. The zero-order valence-corrected chi connectivity index (χ0v) is 11.7. The smallest absolute Gasteiger partial charge is 0.249 e. The number of halogens is 1. The second kappa shape index (κ2) is 6.79. The molecule has 0 aliphatic heterocycles. The van der Waals surface area contributed by atoms with Gasteiger partial charge >= 0.3 is 0 Å². The third-order valence-corrected chi connectivity index (χ3v) is 2.88. The van der Waals surface area contributed by atoms with Crippen LogP contribution in [-0.2, 0) is 0 Å². The van der Waals surface area contributed by atoms with Crippen molar-refractivity contribution in [3.63, 3.8) is 0 Å². The monoisotopic (exact) mass is 275 g/mol. The third-order valence-electron chi connectivity index (χ3n) is 2.88. The average Bonchev–Trinajstić information content (AvgIpc) is 2.47. The number of aromatic nitrogens is 3. The Labute approximate surface area is 117 Å². The molecule has 0 aliphatic rings. The summed E-state index contributed by atoms with van der Waals surface area (Å²) in [5.74, 6) is 0.887. The molecule has 0 saturated heterocycles. The van der Waals surface area contributed by atoms with Crippen molar-refractivity contribution >= 4 is 17.5 Å². The number of hydrogen-bond donors (Lipinski definition) is 1. The molecular weight excluding hydrogens is 257 g/mol. The zero-order valence-electron chi connectivity index (χ0n) is 11.7. The maximum atomic E-state index is 12.8. The molecule has 5 nitrogen and oxygen atoms in total. The van der Waals surface area contributed by atoms with Crippen LogP contribution in [0.3, 0.4) is 0 Å². The summed E-state index contributed by atoms with van der Waals surface area (Å²) in [5.41, 5.74) is 0.724. The van der Waals surface area contributed by atoms with E-state index in [9.17, 15) is 4.39 Å². The van der Waals surface area contributed by atoms with Gasteiger partial charge in [-0.3, -0.25) is 0 Å². The lowest BCUT2D eigenvalue weighted by molar-refractivity contribution is 0.628. The van der Waals surface area contributed by atoms with Crippen LogP contribution in [0, 0.1) is 5.82 Å². The summed E-state index contributed by atoms with van der Waals surface area (Å²) in [6.07, 6.45) is 3.86. The Bertz CT molecular complexity index is 544. The standard InChI is InChI=1S/C14H18FN5/c1-3-4-9-20(2)13-10-16-19-14(18-13)17-12-7-5-11(15)6-8-12/h5-8,10H,3-4,9H2,1-2H3,(H,17,18,19). The van der Waals surface area contributed by atoms with Gasteiger partial charge in [0.2, 0.25) is 5.95 Å². The molecule has 0 bridgehead atoms. The lowest BCUT2D eigenvalue weighted by atomic mass is 10.3. The number of anilines is 3. The molecule has 20 heavy (non-hydrogen) atoms. The van der Waals surface area contributed by atoms with Gasteiger partial charge in [0.05, 0.1) is 6.20 Å². The molecule has 1 N–H and O–H groups in total. The van der Waals surface area contributed by atoms with Crippen LogP contribution >= 0.6 is 0 Å². The second-order valence-electron chi connectivity index (χ2n) is 4.55. The lowest BCUT2D eigenvalue weighted by Crippen LogP contribution is -2.20. The van der Waals surface area contributed by atoms with Gasteiger partial charge in [-0.25, -0.2) is 4.39 Å². The molecule has 0 radical (unpaired) electrons. The van der Waals surface area contributed by atoms with Crippen LogP contribution in [0.4, 0.5) is 21.8 Å². The van der Waals surface area contributed by atoms with E-state index in [1.54, 1.807) is 18.3 Å². The third kappa shape index (κ3) is 3.88. The van der Waals surface area contributed by atoms with E-state index < -0.39 is 0 Å². The summed E-state index contributed by atoms with van der Waals surface area (Å²) < 4.78 is 12.8. The molecular formula is C14H18FN5. The van der Waals surface area contributed by atoms with Gasteiger partial charge in [-0.05, 0) is 30.7 Å². The highest BCUT2D eigenvalue weighted by Crippen LogP contribution is 2.15. The molecule has 0 saturated carbocycles. The van der Waals surface area contributed by atoms with Crippen LogP contribution in [0.5, 0.6) is 0 Å². The first-order chi connectivity index (χ1) is 9.69. The molecule has 0 aliphatic carbocycles. The number of benzene rings is 1. The van der Waals surface area contributed by atoms with E-state index in [-0.39, 0.29) is 5.82 Å². The van der Waals surface area contributed by atoms with Crippen LogP contribution < -0.4 is 10.2 Å². The van der Waals surface area contributed by atoms with Crippen LogP contribution in [0.1, 0.15) is 19.8 Å². The summed E-state index contributed by atoms with van der Waals surface area (Å²) >= 11 is 0. The molecule has 1 aromatic carbocycles. The van der Waals surface area contributed by atoms with Gasteiger partial charge in [0.15, 0.2) is 5.82 Å². The van der Waals surface area contributed by atoms with E-state index in [1.165, 1.54) is 12.1 Å². The average molecular weight is 275 g/mol. The van der Waals surface area contributed by atoms with Gasteiger partial charge < -0.3 is 10.2 Å². The zero-order chi connectivity index (χ0) is 14.4. The van der Waals surface area contributed by atoms with Crippen molar-refractivity contribution in [3.8, 4) is 0 Å². The van der Waals surface area contributed by atoms with Crippen molar-refractivity contribution in [1.29, 1.82) is 0 Å². The number of rotatable bonds is 6. The Morgan fingerprint density at radius 1 is 1.25 bits per heavy atom. The molecule has 2 rings (SSSR count). The first-order valence-electron chi connectivity index (χ1n) is 6.62. The van der Waals surface area contributed by atoms with E-state index in [2.05, 4.69) is 27.4 Å². The minimum Gasteiger partial charge on any atom is -0.358 e. The first-order valence-corrected chi connectivity index (χ1v) is 6.62. The van der Waals surface area contributed by atoms with Crippen molar-refractivity contribution in [2.45, 2.75) is 19.8 Å². The van der Waals surface area contributed by atoms with Gasteiger partial charge in [0.1, 0.15) is 5.82 Å². The van der Waals surface area contributed by atoms with Crippen LogP contribution in [0.15, 0.2) is 30.5 Å². The van der Waals surface area contributed by atoms with Gasteiger partial charge in [0, 0.05) is 19.3 Å². The molecule has 0 fully saturated rings. The lowest BCUT2D eigenvalue weighted by Gasteiger charge is -2.17. The summed E-state index contributed by atoms with van der Waals surface area (Å²) in [6, 6.07) is 6.03. The molecule has 0 amide bonds. The Kier molecular flexibility index (Phi) is 4.81. The fourth-order valence-corrected chi connectivity index (χ4v) is 1.70. The van der Waals surface area contributed by atoms with E-state index in [4.69, 9.17) is 0 Å². The predicted octanol–water partition coefficient (Wildman–Crippen LogP) is 2.99. The SMILES string of the molecule is CCCCN(C)c1cnnc(Nc2ccc(F)cc2)n1. The Balaban J connectivity index is 2.07. The number of nitrogens with zero attached hydrogens (tertiary/aromatic N) is 4. The molecule has 2 aromatic rings. The van der Waals surface area contributed by atoms with E-state index >= 15 is 0 Å². The maximum Gasteiger partial charge on any atom is 0.249 e. The summed E-state index contributed by atoms with van der Waals surface area (Å²) in [6.45, 7) is 3.07. The normalized spacial score (nSPS) is 10.3. The van der Waals surface area contributed by atoms with Crippen molar-refractivity contribution in [2.75, 3.05) is 23.8 Å². The minimum atomic E-state index is -0.275. The van der Waals surface area contributed by atoms with Gasteiger partial charge in [0.25, 0.3) is 0 Å². The minimum absolute atomic E-state index is 0.275. The first kappa shape index (κ1) is 14.2. The van der Waals surface area contributed by atoms with Gasteiger partial charge in [-0.1, -0.05) is 13.3 Å². The highest BCUT2D eigenvalue weighted by atomic mass is 19.1. The number of unbranched alkanes of at least 4 members (excludes halogenated alkanes) is 1. The Morgan fingerprint density at radius 3 is 2.70 bits per heavy atom. The quantitative estimate of drug-likeness (QED) is 0.878. The Hall–Kier alpha value is -2.24. The van der Waals surface area contributed by atoms with E-state index in [1.807, 2.05) is 11.9 Å². The fourth-order valence-electron chi connectivity index (χ4n) is 1.70. The molecule has 0 unspecified atom stereocenters. The molecule has 0 spiro atoms. The van der Waals surface area contributed by atoms with Crippen molar-refractivity contribution in [2.24, 2.45) is 0 Å². The highest BCUT2D eigenvalue weighted by Gasteiger charge is 2.05. The number of hydrogen-bond acceptors (Lipinski definition) is 5. The topological polar surface area (TPSA) is 53.9 Å². The molecule has 0 atom stereocenters. The van der Waals surface area contributed by atoms with Crippen molar-refractivity contribution < 1.29 is 4.39 Å². The van der Waals surface area contributed by atoms with Crippen LogP contribution in [0.2, 0.25) is 0 Å². The summed E-state index contributed by atoms with van der Waals surface area (Å²) in [4.78, 5) is 6.43. The second-order valence-corrected chi connectivity index (χ2v) is 4.55. The van der Waals surface area contributed by atoms with E-state index in [0.717, 1.165) is 30.9 Å². The van der Waals surface area contributed by atoms with Crippen LogP contribution in [0.25, 0.3) is 0 Å². The molecule has 6 heteroatoms. The fraction of sp³-hybridized carbons (Fsp3) is 0.357. The largest absolute Gasteiger partial charge is 0.358 e.